The molecule has 1 heterocycles. The number of rotatable bonds is 3. The molecule has 0 saturated carbocycles. The number of fused-ring (bicyclic) bond motifs is 1. The number of methoxy groups -OCH3 is 1. The number of anilines is 1. The summed E-state index contributed by atoms with van der Waals surface area (Å²) in [6.07, 6.45) is 3.02. The van der Waals surface area contributed by atoms with E-state index in [-0.39, 0.29) is 11.7 Å². The Labute approximate surface area is 133 Å². The van der Waals surface area contributed by atoms with Gasteiger partial charge in [-0.15, -0.1) is 0 Å². The number of carbonyl (C=O) groups excluding carboxylic acids is 1. The number of benzene rings is 2. The number of amides is 1. The van der Waals surface area contributed by atoms with Gasteiger partial charge >= 0.3 is 0 Å². The summed E-state index contributed by atoms with van der Waals surface area (Å²) in [5.41, 5.74) is 1.34. The minimum absolute atomic E-state index is 0.169. The molecule has 2 aromatic carbocycles. The molecule has 4 nitrogen and oxygen atoms in total. The maximum Gasteiger partial charge on any atom is 0.251 e. The summed E-state index contributed by atoms with van der Waals surface area (Å²) in [7, 11) is 1.41. The number of hydrogen-bond acceptors (Lipinski definition) is 3. The monoisotopic (exact) mass is 313 g/mol. The van der Waals surface area contributed by atoms with E-state index in [0.717, 1.165) is 5.69 Å². The van der Waals surface area contributed by atoms with Crippen molar-refractivity contribution in [2.45, 2.75) is 0 Å². The predicted octanol–water partition coefficient (Wildman–Crippen LogP) is 3.27. The summed E-state index contributed by atoms with van der Waals surface area (Å²) in [5, 5.41) is 0. The van der Waals surface area contributed by atoms with Gasteiger partial charge in [-0.3, -0.25) is 4.79 Å². The van der Waals surface area contributed by atoms with Gasteiger partial charge in [-0.25, -0.2) is 4.39 Å². The maximum absolute atomic E-state index is 13.7. The van der Waals surface area contributed by atoms with Crippen molar-refractivity contribution in [3.05, 3.63) is 59.9 Å². The van der Waals surface area contributed by atoms with Gasteiger partial charge in [0.2, 0.25) is 0 Å². The Hall–Kier alpha value is -2.82. The smallest absolute Gasteiger partial charge is 0.251 e. The molecule has 0 saturated heterocycles. The van der Waals surface area contributed by atoms with Gasteiger partial charge in [-0.05, 0) is 35.9 Å². The summed E-state index contributed by atoms with van der Waals surface area (Å²) >= 11 is 0. The third-order valence-electron chi connectivity index (χ3n) is 3.59. The van der Waals surface area contributed by atoms with E-state index in [4.69, 9.17) is 9.47 Å². The summed E-state index contributed by atoms with van der Waals surface area (Å²) in [5.74, 6) is 0.238. The van der Waals surface area contributed by atoms with Gasteiger partial charge in [0.15, 0.2) is 11.6 Å². The van der Waals surface area contributed by atoms with Crippen molar-refractivity contribution in [2.24, 2.45) is 0 Å². The first-order valence-electron chi connectivity index (χ1n) is 7.24. The molecular formula is C18H16FNO3. The van der Waals surface area contributed by atoms with Crippen LogP contribution in [0.5, 0.6) is 11.5 Å². The van der Waals surface area contributed by atoms with Crippen molar-refractivity contribution >= 4 is 17.7 Å². The average Bonchev–Trinajstić information content (AvgIpc) is 2.59. The van der Waals surface area contributed by atoms with Crippen LogP contribution < -0.4 is 14.4 Å². The fourth-order valence-corrected chi connectivity index (χ4v) is 2.44. The number of hydrogen-bond donors (Lipinski definition) is 0. The maximum atomic E-state index is 13.7. The first kappa shape index (κ1) is 15.1. The Bertz CT molecular complexity index is 758. The lowest BCUT2D eigenvalue weighted by atomic mass is 10.2. The van der Waals surface area contributed by atoms with Gasteiger partial charge in [0.1, 0.15) is 12.4 Å². The first-order valence-corrected chi connectivity index (χ1v) is 7.24. The van der Waals surface area contributed by atoms with Gasteiger partial charge in [0.05, 0.1) is 19.3 Å². The zero-order valence-electron chi connectivity index (χ0n) is 12.7. The van der Waals surface area contributed by atoms with Gasteiger partial charge in [0.25, 0.3) is 5.91 Å². The van der Waals surface area contributed by atoms with E-state index in [1.165, 1.54) is 25.3 Å². The number of halogens is 1. The van der Waals surface area contributed by atoms with Gasteiger partial charge < -0.3 is 14.4 Å². The molecule has 0 fully saturated rings. The van der Waals surface area contributed by atoms with Crippen LogP contribution in [0.25, 0.3) is 6.08 Å². The standard InChI is InChI=1S/C18H16FNO3/c1-22-16-8-6-13(12-14(16)19)7-9-18(21)20-10-11-23-17-5-3-2-4-15(17)20/h2-9,12H,10-11H2,1H3. The molecule has 2 aromatic rings. The first-order chi connectivity index (χ1) is 11.2. The molecule has 1 aliphatic rings. The second kappa shape index (κ2) is 6.52. The largest absolute Gasteiger partial charge is 0.494 e. The molecule has 0 unspecified atom stereocenters. The highest BCUT2D eigenvalue weighted by atomic mass is 19.1. The summed E-state index contributed by atoms with van der Waals surface area (Å²) < 4.78 is 24.1. The minimum Gasteiger partial charge on any atom is -0.494 e. The zero-order chi connectivity index (χ0) is 16.2. The lowest BCUT2D eigenvalue weighted by Gasteiger charge is -2.28. The van der Waals surface area contributed by atoms with Crippen LogP contribution in [0.4, 0.5) is 10.1 Å². The van der Waals surface area contributed by atoms with Crippen LogP contribution in [0.1, 0.15) is 5.56 Å². The molecule has 3 rings (SSSR count). The number of carbonyl (C=O) groups is 1. The molecule has 5 heteroatoms. The molecule has 0 atom stereocenters. The Morgan fingerprint density at radius 1 is 1.30 bits per heavy atom. The third-order valence-corrected chi connectivity index (χ3v) is 3.59. The second-order valence-corrected chi connectivity index (χ2v) is 5.03. The van der Waals surface area contributed by atoms with Crippen LogP contribution in [0.15, 0.2) is 48.5 Å². The topological polar surface area (TPSA) is 38.8 Å². The molecule has 0 radical (unpaired) electrons. The SMILES string of the molecule is COc1ccc(C=CC(=O)N2CCOc3ccccc32)cc1F. The van der Waals surface area contributed by atoms with E-state index in [2.05, 4.69) is 0 Å². The molecule has 23 heavy (non-hydrogen) atoms. The Balaban J connectivity index is 1.78. The molecule has 1 aliphatic heterocycles. The van der Waals surface area contributed by atoms with E-state index in [0.29, 0.717) is 24.5 Å². The van der Waals surface area contributed by atoms with Crippen molar-refractivity contribution < 1.29 is 18.7 Å². The van der Waals surface area contributed by atoms with Gasteiger partial charge in [-0.2, -0.15) is 0 Å². The lowest BCUT2D eigenvalue weighted by Crippen LogP contribution is -2.36. The Kier molecular flexibility index (Phi) is 4.28. The minimum atomic E-state index is -0.459. The highest BCUT2D eigenvalue weighted by Crippen LogP contribution is 2.31. The number of ether oxygens (including phenoxy) is 2. The molecule has 0 spiro atoms. The number of para-hydroxylation sites is 2. The van der Waals surface area contributed by atoms with Crippen molar-refractivity contribution in [3.8, 4) is 11.5 Å². The molecule has 0 N–H and O–H groups in total. The van der Waals surface area contributed by atoms with E-state index >= 15 is 0 Å². The van der Waals surface area contributed by atoms with Crippen LogP contribution in [-0.4, -0.2) is 26.2 Å². The van der Waals surface area contributed by atoms with Crippen molar-refractivity contribution in [3.63, 3.8) is 0 Å². The highest BCUT2D eigenvalue weighted by Gasteiger charge is 2.21. The summed E-state index contributed by atoms with van der Waals surface area (Å²) in [6, 6.07) is 11.9. The molecule has 118 valence electrons. The molecule has 0 aliphatic carbocycles. The van der Waals surface area contributed by atoms with Crippen LogP contribution in [0.2, 0.25) is 0 Å². The van der Waals surface area contributed by atoms with Crippen LogP contribution >= 0.6 is 0 Å². The molecule has 0 bridgehead atoms. The van der Waals surface area contributed by atoms with Crippen LogP contribution in [-0.2, 0) is 4.79 Å². The fourth-order valence-electron chi connectivity index (χ4n) is 2.44. The summed E-state index contributed by atoms with van der Waals surface area (Å²) in [6.45, 7) is 0.935. The van der Waals surface area contributed by atoms with Crippen molar-refractivity contribution in [2.75, 3.05) is 25.2 Å². The van der Waals surface area contributed by atoms with Crippen molar-refractivity contribution in [1.29, 1.82) is 0 Å². The Morgan fingerprint density at radius 3 is 2.91 bits per heavy atom. The highest BCUT2D eigenvalue weighted by molar-refractivity contribution is 6.04. The predicted molar refractivity (Wildman–Crippen MR) is 86.3 cm³/mol. The quantitative estimate of drug-likeness (QED) is 0.816. The Morgan fingerprint density at radius 2 is 2.13 bits per heavy atom. The van der Waals surface area contributed by atoms with Crippen molar-refractivity contribution in [1.82, 2.24) is 0 Å². The average molecular weight is 313 g/mol. The number of nitrogens with zero attached hydrogens (tertiary/aromatic N) is 1. The van der Waals surface area contributed by atoms with E-state index in [9.17, 15) is 9.18 Å². The molecule has 1 amide bonds. The van der Waals surface area contributed by atoms with Crippen LogP contribution in [0, 0.1) is 5.82 Å². The fraction of sp³-hybridized carbons (Fsp3) is 0.167. The zero-order valence-corrected chi connectivity index (χ0v) is 12.7. The third kappa shape index (κ3) is 3.18. The van der Waals surface area contributed by atoms with Crippen LogP contribution in [0.3, 0.4) is 0 Å². The van der Waals surface area contributed by atoms with E-state index in [1.807, 2.05) is 24.3 Å². The second-order valence-electron chi connectivity index (χ2n) is 5.03. The lowest BCUT2D eigenvalue weighted by molar-refractivity contribution is -0.114. The van der Waals surface area contributed by atoms with E-state index in [1.54, 1.807) is 17.0 Å². The molecular weight excluding hydrogens is 297 g/mol. The van der Waals surface area contributed by atoms with Gasteiger partial charge in [-0.1, -0.05) is 18.2 Å². The summed E-state index contributed by atoms with van der Waals surface area (Å²) in [4.78, 5) is 14.1. The van der Waals surface area contributed by atoms with E-state index < -0.39 is 5.82 Å². The normalized spacial score (nSPS) is 13.6. The molecule has 0 aromatic heterocycles. The van der Waals surface area contributed by atoms with Gasteiger partial charge in [0, 0.05) is 6.08 Å².